The van der Waals surface area contributed by atoms with E-state index in [2.05, 4.69) is 25.5 Å². The molecule has 0 saturated carbocycles. The van der Waals surface area contributed by atoms with Crippen LogP contribution in [0.1, 0.15) is 5.56 Å². The van der Waals surface area contributed by atoms with Crippen LogP contribution in [0, 0.1) is 0 Å². The highest BCUT2D eigenvalue weighted by molar-refractivity contribution is 6.33. The Hall–Kier alpha value is -2.73. The molecule has 3 rings (SSSR count). The summed E-state index contributed by atoms with van der Waals surface area (Å²) in [6, 6.07) is 11.5. The number of aromatic nitrogens is 4. The molecule has 6 nitrogen and oxygen atoms in total. The predicted octanol–water partition coefficient (Wildman–Crippen LogP) is 3.34. The lowest BCUT2D eigenvalue weighted by Crippen LogP contribution is -2.22. The molecule has 2 heterocycles. The van der Waals surface area contributed by atoms with Gasteiger partial charge in [-0.1, -0.05) is 23.7 Å². The number of halogens is 1. The number of rotatable bonds is 6. The maximum absolute atomic E-state index is 6.14. The summed E-state index contributed by atoms with van der Waals surface area (Å²) in [7, 11) is 1.98. The van der Waals surface area contributed by atoms with E-state index in [1.807, 2.05) is 48.3 Å². The molecule has 2 aromatic heterocycles. The van der Waals surface area contributed by atoms with Gasteiger partial charge in [0, 0.05) is 26.0 Å². The Labute approximate surface area is 145 Å². The monoisotopic (exact) mass is 340 g/mol. The summed E-state index contributed by atoms with van der Waals surface area (Å²) < 4.78 is 0. The molecular weight excluding hydrogens is 324 g/mol. The topological polar surface area (TPSA) is 66.8 Å². The summed E-state index contributed by atoms with van der Waals surface area (Å²) in [6.45, 7) is 0.814. The summed E-state index contributed by atoms with van der Waals surface area (Å²) in [4.78, 5) is 10.6. The number of hydrogen-bond acceptors (Lipinski definition) is 6. The van der Waals surface area contributed by atoms with Crippen LogP contribution in [0.5, 0.6) is 0 Å². The molecule has 1 aromatic carbocycles. The van der Waals surface area contributed by atoms with Crippen LogP contribution in [0.3, 0.4) is 0 Å². The van der Waals surface area contributed by atoms with Crippen molar-refractivity contribution in [2.24, 2.45) is 0 Å². The van der Waals surface area contributed by atoms with Gasteiger partial charge in [-0.3, -0.25) is 4.98 Å². The Morgan fingerprint density at radius 3 is 2.71 bits per heavy atom. The number of likely N-dealkylation sites (N-methyl/N-ethyl adjacent to an activating group) is 1. The van der Waals surface area contributed by atoms with Crippen LogP contribution in [-0.2, 0) is 6.42 Å². The van der Waals surface area contributed by atoms with E-state index in [1.54, 1.807) is 18.6 Å². The van der Waals surface area contributed by atoms with Gasteiger partial charge < -0.3 is 10.2 Å². The average molecular weight is 341 g/mol. The smallest absolute Gasteiger partial charge is 0.249 e. The zero-order valence-electron chi connectivity index (χ0n) is 13.2. The second kappa shape index (κ2) is 7.70. The van der Waals surface area contributed by atoms with E-state index < -0.39 is 0 Å². The third-order valence-electron chi connectivity index (χ3n) is 3.54. The minimum absolute atomic E-state index is 0.413. The lowest BCUT2D eigenvalue weighted by molar-refractivity contribution is 0.840. The molecule has 0 radical (unpaired) electrons. The van der Waals surface area contributed by atoms with Crippen molar-refractivity contribution < 1.29 is 0 Å². The molecule has 0 bridgehead atoms. The Kier molecular flexibility index (Phi) is 5.18. The zero-order chi connectivity index (χ0) is 16.8. The van der Waals surface area contributed by atoms with Gasteiger partial charge in [0.2, 0.25) is 5.95 Å². The molecule has 1 N–H and O–H groups in total. The number of nitrogens with zero attached hydrogens (tertiary/aromatic N) is 5. The molecule has 24 heavy (non-hydrogen) atoms. The maximum Gasteiger partial charge on any atom is 0.249 e. The van der Waals surface area contributed by atoms with Gasteiger partial charge in [-0.15, -0.1) is 5.10 Å². The van der Waals surface area contributed by atoms with Crippen molar-refractivity contribution in [3.8, 4) is 0 Å². The standard InChI is InChI=1S/C17H17ClN6/c1-24(11-8-13-6-9-19-10-7-13)16-12-20-23-17(22-16)21-15-5-3-2-4-14(15)18/h2-7,9-10,12H,8,11H2,1H3,(H,21,22,23). The Bertz CT molecular complexity index is 796. The van der Waals surface area contributed by atoms with E-state index in [-0.39, 0.29) is 0 Å². The van der Waals surface area contributed by atoms with Crippen molar-refractivity contribution in [2.45, 2.75) is 6.42 Å². The molecule has 0 aliphatic rings. The van der Waals surface area contributed by atoms with Crippen molar-refractivity contribution in [3.63, 3.8) is 0 Å². The molecule has 3 aromatic rings. The number of para-hydroxylation sites is 1. The van der Waals surface area contributed by atoms with Crippen molar-refractivity contribution in [1.29, 1.82) is 0 Å². The van der Waals surface area contributed by atoms with Crippen molar-refractivity contribution >= 4 is 29.1 Å². The van der Waals surface area contributed by atoms with Crippen molar-refractivity contribution in [1.82, 2.24) is 20.2 Å². The number of pyridine rings is 1. The molecule has 0 aliphatic carbocycles. The molecule has 0 unspecified atom stereocenters. The molecular formula is C17H17ClN6. The summed E-state index contributed by atoms with van der Waals surface area (Å²) in [5.74, 6) is 1.16. The third-order valence-corrected chi connectivity index (χ3v) is 3.87. The first-order chi connectivity index (χ1) is 11.7. The lowest BCUT2D eigenvalue weighted by Gasteiger charge is -2.18. The zero-order valence-corrected chi connectivity index (χ0v) is 14.0. The van der Waals surface area contributed by atoms with Gasteiger partial charge in [-0.2, -0.15) is 10.1 Å². The van der Waals surface area contributed by atoms with Crippen LogP contribution < -0.4 is 10.2 Å². The van der Waals surface area contributed by atoms with Gasteiger partial charge in [0.05, 0.1) is 16.9 Å². The fraction of sp³-hybridized carbons (Fsp3) is 0.176. The average Bonchev–Trinajstić information content (AvgIpc) is 2.63. The number of hydrogen-bond donors (Lipinski definition) is 1. The highest BCUT2D eigenvalue weighted by Crippen LogP contribution is 2.23. The first-order valence-corrected chi connectivity index (χ1v) is 7.91. The minimum atomic E-state index is 0.413. The second-order valence-electron chi connectivity index (χ2n) is 5.27. The van der Waals surface area contributed by atoms with Gasteiger partial charge >= 0.3 is 0 Å². The Morgan fingerprint density at radius 1 is 1.12 bits per heavy atom. The largest absolute Gasteiger partial charge is 0.358 e. The minimum Gasteiger partial charge on any atom is -0.358 e. The van der Waals surface area contributed by atoms with Gasteiger partial charge in [-0.05, 0) is 36.2 Å². The summed E-state index contributed by atoms with van der Waals surface area (Å²) in [5.41, 5.74) is 1.98. The highest BCUT2D eigenvalue weighted by Gasteiger charge is 2.07. The van der Waals surface area contributed by atoms with E-state index >= 15 is 0 Å². The first-order valence-electron chi connectivity index (χ1n) is 7.54. The maximum atomic E-state index is 6.14. The number of anilines is 3. The summed E-state index contributed by atoms with van der Waals surface area (Å²) >= 11 is 6.14. The van der Waals surface area contributed by atoms with Crippen LogP contribution in [0.25, 0.3) is 0 Å². The van der Waals surface area contributed by atoms with Gasteiger partial charge in [0.15, 0.2) is 5.82 Å². The quantitative estimate of drug-likeness (QED) is 0.742. The predicted molar refractivity (Wildman–Crippen MR) is 95.8 cm³/mol. The van der Waals surface area contributed by atoms with Gasteiger partial charge in [0.1, 0.15) is 0 Å². The molecule has 0 saturated heterocycles. The van der Waals surface area contributed by atoms with Gasteiger partial charge in [0.25, 0.3) is 0 Å². The molecule has 0 aliphatic heterocycles. The van der Waals surface area contributed by atoms with Crippen LogP contribution in [-0.4, -0.2) is 33.8 Å². The van der Waals surface area contributed by atoms with Gasteiger partial charge in [-0.25, -0.2) is 0 Å². The number of nitrogens with one attached hydrogen (secondary N) is 1. The highest BCUT2D eigenvalue weighted by atomic mass is 35.5. The molecule has 0 atom stereocenters. The van der Waals surface area contributed by atoms with E-state index in [1.165, 1.54) is 5.56 Å². The summed E-state index contributed by atoms with van der Waals surface area (Å²) in [5, 5.41) is 11.7. The van der Waals surface area contributed by atoms with E-state index in [0.29, 0.717) is 11.0 Å². The molecule has 122 valence electrons. The normalized spacial score (nSPS) is 10.4. The Balaban J connectivity index is 1.67. The molecule has 0 fully saturated rings. The summed E-state index contributed by atoms with van der Waals surface area (Å²) in [6.07, 6.45) is 6.14. The van der Waals surface area contributed by atoms with Crippen LogP contribution in [0.15, 0.2) is 55.0 Å². The molecule has 0 spiro atoms. The van der Waals surface area contributed by atoms with Crippen LogP contribution in [0.4, 0.5) is 17.5 Å². The van der Waals surface area contributed by atoms with Crippen molar-refractivity contribution in [2.75, 3.05) is 23.8 Å². The third kappa shape index (κ3) is 4.17. The second-order valence-corrected chi connectivity index (χ2v) is 5.68. The fourth-order valence-electron chi connectivity index (χ4n) is 2.18. The van der Waals surface area contributed by atoms with E-state index in [0.717, 1.165) is 24.5 Å². The molecule has 0 amide bonds. The first kappa shape index (κ1) is 16.1. The van der Waals surface area contributed by atoms with Crippen LogP contribution in [0.2, 0.25) is 5.02 Å². The fourth-order valence-corrected chi connectivity index (χ4v) is 2.36. The van der Waals surface area contributed by atoms with E-state index in [9.17, 15) is 0 Å². The van der Waals surface area contributed by atoms with E-state index in [4.69, 9.17) is 11.6 Å². The Morgan fingerprint density at radius 2 is 1.92 bits per heavy atom. The molecule has 7 heteroatoms. The SMILES string of the molecule is CN(CCc1ccncc1)c1cnnc(Nc2ccccc2Cl)n1. The lowest BCUT2D eigenvalue weighted by atomic mass is 10.2. The number of benzene rings is 1. The van der Waals surface area contributed by atoms with Crippen molar-refractivity contribution in [3.05, 3.63) is 65.6 Å². The van der Waals surface area contributed by atoms with Crippen LogP contribution >= 0.6 is 11.6 Å².